The average molecular weight is 554 g/mol. The molecule has 2 atom stereocenters. The Balaban J connectivity index is 1.69. The highest BCUT2D eigenvalue weighted by Crippen LogP contribution is 2.23. The monoisotopic (exact) mass is 553 g/mol. The van der Waals surface area contributed by atoms with Gasteiger partial charge in [-0.25, -0.2) is 9.48 Å². The zero-order chi connectivity index (χ0) is 28.1. The molecule has 3 N–H and O–H groups in total. The van der Waals surface area contributed by atoms with E-state index < -0.39 is 29.0 Å². The van der Waals surface area contributed by atoms with Gasteiger partial charge in [0.15, 0.2) is 0 Å². The molecule has 212 valence electrons. The first kappa shape index (κ1) is 31.1. The third-order valence-electron chi connectivity index (χ3n) is 4.91. The van der Waals surface area contributed by atoms with E-state index in [-0.39, 0.29) is 11.8 Å². The maximum atomic E-state index is 12.8. The maximum absolute atomic E-state index is 12.8. The third-order valence-corrected chi connectivity index (χ3v) is 5.31. The van der Waals surface area contributed by atoms with E-state index in [0.717, 1.165) is 5.56 Å². The molecule has 2 amide bonds. The molecule has 38 heavy (non-hydrogen) atoms. The van der Waals surface area contributed by atoms with Gasteiger partial charge in [0.1, 0.15) is 17.3 Å². The molecule has 1 aromatic heterocycles. The van der Waals surface area contributed by atoms with Crippen molar-refractivity contribution in [2.75, 3.05) is 44.2 Å². The molecule has 2 aromatic rings. The number of rotatable bonds is 15. The van der Waals surface area contributed by atoms with Crippen molar-refractivity contribution < 1.29 is 32.6 Å². The minimum Gasteiger partial charge on any atom is -0.755 e. The van der Waals surface area contributed by atoms with Gasteiger partial charge in [-0.3, -0.25) is 9.00 Å². The van der Waals surface area contributed by atoms with Crippen LogP contribution in [0.2, 0.25) is 0 Å². The summed E-state index contributed by atoms with van der Waals surface area (Å²) >= 11 is -2.40. The number of amides is 2. The average Bonchev–Trinajstić information content (AvgIpc) is 3.28. The second-order valence-corrected chi connectivity index (χ2v) is 10.3. The Morgan fingerprint density at radius 3 is 2.18 bits per heavy atom. The number of nitrogens with zero attached hydrogens (tertiary/aromatic N) is 3. The number of carbonyl (C=O) groups is 2. The van der Waals surface area contributed by atoms with Crippen molar-refractivity contribution in [3.63, 3.8) is 0 Å². The van der Waals surface area contributed by atoms with Crippen molar-refractivity contribution in [3.8, 4) is 11.3 Å². The molecule has 0 aliphatic heterocycles. The number of hydrogen-bond acceptors (Lipinski definition) is 9. The first-order valence-corrected chi connectivity index (χ1v) is 13.3. The molecule has 1 aromatic carbocycles. The Morgan fingerprint density at radius 2 is 1.63 bits per heavy atom. The van der Waals surface area contributed by atoms with Crippen LogP contribution in [-0.2, 0) is 30.3 Å². The predicted molar refractivity (Wildman–Crippen MR) is 141 cm³/mol. The molecular weight excluding hydrogens is 516 g/mol. The lowest BCUT2D eigenvalue weighted by atomic mass is 10.0. The summed E-state index contributed by atoms with van der Waals surface area (Å²) in [6.07, 6.45) is 1.20. The van der Waals surface area contributed by atoms with Gasteiger partial charge < -0.3 is 34.1 Å². The summed E-state index contributed by atoms with van der Waals surface area (Å²) in [6.45, 7) is 11.2. The van der Waals surface area contributed by atoms with E-state index in [1.807, 2.05) is 13.8 Å². The Bertz CT molecular complexity index is 1040. The van der Waals surface area contributed by atoms with Crippen LogP contribution in [0.5, 0.6) is 0 Å². The summed E-state index contributed by atoms with van der Waals surface area (Å²) in [5.74, 6) is -0.256. The van der Waals surface area contributed by atoms with Crippen LogP contribution in [0.15, 0.2) is 30.5 Å². The zero-order valence-corrected chi connectivity index (χ0v) is 23.2. The van der Waals surface area contributed by atoms with Crippen LogP contribution in [0.3, 0.4) is 0 Å². The summed E-state index contributed by atoms with van der Waals surface area (Å²) in [5, 5.41) is 13.8. The van der Waals surface area contributed by atoms with Crippen molar-refractivity contribution in [1.82, 2.24) is 25.6 Å². The fourth-order valence-corrected chi connectivity index (χ4v) is 3.62. The van der Waals surface area contributed by atoms with Crippen molar-refractivity contribution in [2.45, 2.75) is 46.3 Å². The maximum Gasteiger partial charge on any atom is 0.407 e. The summed E-state index contributed by atoms with van der Waals surface area (Å²) in [4.78, 5) is 24.4. The van der Waals surface area contributed by atoms with Crippen LogP contribution in [0.1, 0.15) is 40.7 Å². The van der Waals surface area contributed by atoms with Gasteiger partial charge in [-0.05, 0) is 38.8 Å². The zero-order valence-electron chi connectivity index (χ0n) is 22.4. The summed E-state index contributed by atoms with van der Waals surface area (Å²) in [7, 11) is 0. The van der Waals surface area contributed by atoms with Crippen LogP contribution in [-0.4, -0.2) is 80.9 Å². The van der Waals surface area contributed by atoms with Gasteiger partial charge in [0.2, 0.25) is 5.91 Å². The second kappa shape index (κ2) is 15.4. The van der Waals surface area contributed by atoms with Crippen molar-refractivity contribution >= 4 is 29.0 Å². The largest absolute Gasteiger partial charge is 0.755 e. The van der Waals surface area contributed by atoms with Crippen molar-refractivity contribution in [2.24, 2.45) is 5.92 Å². The topological polar surface area (TPSA) is 169 Å². The van der Waals surface area contributed by atoms with E-state index in [0.29, 0.717) is 50.9 Å². The predicted octanol–water partition coefficient (Wildman–Crippen LogP) is 2.02. The molecule has 0 spiro atoms. The molecule has 14 heteroatoms. The Hall–Kier alpha value is -3.07. The van der Waals surface area contributed by atoms with Crippen molar-refractivity contribution in [1.29, 1.82) is 0 Å². The minimum absolute atomic E-state index is 0.0493. The Labute approximate surface area is 225 Å². The summed E-state index contributed by atoms with van der Waals surface area (Å²) < 4.78 is 41.3. The number of benzene rings is 1. The van der Waals surface area contributed by atoms with Gasteiger partial charge in [0.05, 0.1) is 32.6 Å². The van der Waals surface area contributed by atoms with Gasteiger partial charge in [0.25, 0.3) is 0 Å². The lowest BCUT2D eigenvalue weighted by molar-refractivity contribution is -0.126. The van der Waals surface area contributed by atoms with Gasteiger partial charge in [0, 0.05) is 35.6 Å². The first-order valence-electron chi connectivity index (χ1n) is 12.2. The molecule has 0 bridgehead atoms. The molecule has 1 heterocycles. The second-order valence-electron chi connectivity index (χ2n) is 9.63. The lowest BCUT2D eigenvalue weighted by Gasteiger charge is -2.20. The summed E-state index contributed by atoms with van der Waals surface area (Å²) in [6, 6.07) is 6.09. The molecule has 13 nitrogen and oxygen atoms in total. The highest BCUT2D eigenvalue weighted by Gasteiger charge is 2.25. The van der Waals surface area contributed by atoms with E-state index in [4.69, 9.17) is 14.2 Å². The Morgan fingerprint density at radius 1 is 1.03 bits per heavy atom. The fourth-order valence-electron chi connectivity index (χ4n) is 3.29. The number of alkyl carbamates (subject to hydrolysis) is 1. The summed E-state index contributed by atoms with van der Waals surface area (Å²) in [5.41, 5.74) is 1.18. The fraction of sp³-hybridized carbons (Fsp3) is 0.583. The van der Waals surface area contributed by atoms with Gasteiger partial charge in [-0.1, -0.05) is 31.2 Å². The molecule has 0 fully saturated rings. The van der Waals surface area contributed by atoms with E-state index in [1.165, 1.54) is 4.68 Å². The Kier molecular flexibility index (Phi) is 12.6. The molecule has 2 rings (SSSR count). The van der Waals surface area contributed by atoms with Crippen LogP contribution >= 0.6 is 0 Å². The number of hydrogen-bond donors (Lipinski definition) is 3. The van der Waals surface area contributed by atoms with Gasteiger partial charge >= 0.3 is 6.09 Å². The molecule has 0 saturated heterocycles. The highest BCUT2D eigenvalue weighted by atomic mass is 32.2. The van der Waals surface area contributed by atoms with E-state index in [9.17, 15) is 18.4 Å². The quantitative estimate of drug-likeness (QED) is 0.221. The number of carbonyl (C=O) groups excluding carboxylic acids is 2. The van der Waals surface area contributed by atoms with Crippen LogP contribution in [0, 0.1) is 5.92 Å². The molecular formula is C24H37N6O7S-. The molecule has 0 aliphatic carbocycles. The number of nitrogens with one attached hydrogen (secondary N) is 3. The highest BCUT2D eigenvalue weighted by molar-refractivity contribution is 7.80. The normalized spacial score (nSPS) is 13.1. The smallest absolute Gasteiger partial charge is 0.407 e. The minimum atomic E-state index is -2.40. The third kappa shape index (κ3) is 11.5. The molecule has 1 unspecified atom stereocenters. The molecule has 0 aliphatic rings. The van der Waals surface area contributed by atoms with Crippen LogP contribution in [0.4, 0.5) is 10.5 Å². The van der Waals surface area contributed by atoms with E-state index in [1.54, 1.807) is 51.2 Å². The number of anilines is 1. The standard InChI is InChI=1S/C24H38N6O7S/c1-17(2)21(30-16-20(27-29-30)18-6-8-19(9-7-18)28-38(33)34)22(31)25-10-12-35-14-15-36-13-11-26-23(32)37-24(3,4)5/h6-9,16-17,21,28H,10-15H2,1-5H3,(H,25,31)(H,26,32)(H,33,34)/p-1/t21-/m0/s1. The van der Waals surface area contributed by atoms with E-state index >= 15 is 0 Å². The van der Waals surface area contributed by atoms with Crippen molar-refractivity contribution in [3.05, 3.63) is 30.5 Å². The first-order chi connectivity index (χ1) is 18.0. The van der Waals surface area contributed by atoms with Crippen LogP contribution < -0.4 is 15.4 Å². The lowest BCUT2D eigenvalue weighted by Crippen LogP contribution is -2.37. The van der Waals surface area contributed by atoms with Gasteiger partial charge in [-0.15, -0.1) is 5.10 Å². The number of ether oxygens (including phenoxy) is 3. The molecule has 0 radical (unpaired) electrons. The van der Waals surface area contributed by atoms with E-state index in [2.05, 4.69) is 25.7 Å². The van der Waals surface area contributed by atoms with Crippen LogP contribution in [0.25, 0.3) is 11.3 Å². The SMILES string of the molecule is CC(C)[C@@H](C(=O)NCCOCCOCCNC(=O)OC(C)(C)C)n1cc(-c2ccc(NS(=O)[O-])cc2)nn1. The molecule has 0 saturated carbocycles. The number of aromatic nitrogens is 3. The van der Waals surface area contributed by atoms with Gasteiger partial charge in [-0.2, -0.15) is 0 Å².